The molecular formula is C16H23N5O. The summed E-state index contributed by atoms with van der Waals surface area (Å²) >= 11 is 0. The molecule has 1 saturated heterocycles. The van der Waals surface area contributed by atoms with Crippen LogP contribution >= 0.6 is 0 Å². The molecule has 1 atom stereocenters. The Balaban J connectivity index is 1.69. The summed E-state index contributed by atoms with van der Waals surface area (Å²) in [6.07, 6.45) is 7.77. The van der Waals surface area contributed by atoms with Crippen molar-refractivity contribution in [3.8, 4) is 0 Å². The fourth-order valence-corrected chi connectivity index (χ4v) is 3.25. The number of amides is 1. The third kappa shape index (κ3) is 2.91. The molecule has 0 bridgehead atoms. The smallest absolute Gasteiger partial charge is 0.242 e. The van der Waals surface area contributed by atoms with Crippen LogP contribution < -0.4 is 0 Å². The van der Waals surface area contributed by atoms with Crippen molar-refractivity contribution in [3.63, 3.8) is 0 Å². The second-order valence-corrected chi connectivity index (χ2v) is 6.13. The van der Waals surface area contributed by atoms with E-state index in [2.05, 4.69) is 14.5 Å². The highest BCUT2D eigenvalue weighted by molar-refractivity contribution is 5.76. The van der Waals surface area contributed by atoms with Crippen molar-refractivity contribution in [2.45, 2.75) is 39.2 Å². The molecule has 2 aromatic heterocycles. The van der Waals surface area contributed by atoms with Gasteiger partial charge in [-0.1, -0.05) is 0 Å². The molecule has 6 nitrogen and oxygen atoms in total. The number of carbonyl (C=O) groups is 1. The molecule has 1 fully saturated rings. The van der Waals surface area contributed by atoms with Crippen LogP contribution in [-0.2, 0) is 18.4 Å². The summed E-state index contributed by atoms with van der Waals surface area (Å²) in [7, 11) is 2.03. The van der Waals surface area contributed by atoms with Gasteiger partial charge in [0.2, 0.25) is 5.91 Å². The van der Waals surface area contributed by atoms with E-state index in [1.54, 1.807) is 6.20 Å². The van der Waals surface area contributed by atoms with Gasteiger partial charge in [0.1, 0.15) is 18.2 Å². The monoisotopic (exact) mass is 301 g/mol. The largest absolute Gasteiger partial charge is 0.340 e. The summed E-state index contributed by atoms with van der Waals surface area (Å²) in [5, 5.41) is 0. The molecule has 0 aliphatic carbocycles. The van der Waals surface area contributed by atoms with Crippen LogP contribution in [0.3, 0.4) is 0 Å². The summed E-state index contributed by atoms with van der Waals surface area (Å²) in [5.41, 5.74) is 1.04. The molecule has 3 heterocycles. The maximum atomic E-state index is 12.5. The number of rotatable bonds is 3. The van der Waals surface area contributed by atoms with E-state index in [4.69, 9.17) is 0 Å². The zero-order valence-electron chi connectivity index (χ0n) is 13.5. The van der Waals surface area contributed by atoms with Crippen LogP contribution in [0.5, 0.6) is 0 Å². The van der Waals surface area contributed by atoms with Gasteiger partial charge in [-0.05, 0) is 26.7 Å². The van der Waals surface area contributed by atoms with Gasteiger partial charge in [0.25, 0.3) is 0 Å². The lowest BCUT2D eigenvalue weighted by atomic mass is 9.97. The highest BCUT2D eigenvalue weighted by Gasteiger charge is 2.27. The van der Waals surface area contributed by atoms with Crippen molar-refractivity contribution in [1.82, 2.24) is 24.0 Å². The van der Waals surface area contributed by atoms with Gasteiger partial charge < -0.3 is 14.0 Å². The Bertz CT molecular complexity index is 672. The fraction of sp³-hybridized carbons (Fsp3) is 0.562. The van der Waals surface area contributed by atoms with Crippen LogP contribution in [0.1, 0.15) is 36.1 Å². The van der Waals surface area contributed by atoms with Crippen LogP contribution in [0, 0.1) is 13.8 Å². The van der Waals surface area contributed by atoms with Crippen molar-refractivity contribution >= 4 is 5.91 Å². The lowest BCUT2D eigenvalue weighted by Gasteiger charge is -2.32. The fourth-order valence-electron chi connectivity index (χ4n) is 3.25. The minimum Gasteiger partial charge on any atom is -0.340 e. The molecule has 2 aromatic rings. The van der Waals surface area contributed by atoms with Gasteiger partial charge in [0, 0.05) is 44.6 Å². The number of carbonyl (C=O) groups excluding carboxylic acids is 1. The number of likely N-dealkylation sites (tertiary alicyclic amines) is 1. The predicted octanol–water partition coefficient (Wildman–Crippen LogP) is 1.64. The molecule has 118 valence electrons. The molecule has 22 heavy (non-hydrogen) atoms. The van der Waals surface area contributed by atoms with Crippen LogP contribution in [0.25, 0.3) is 0 Å². The minimum absolute atomic E-state index is 0.164. The first-order chi connectivity index (χ1) is 10.5. The Labute approximate surface area is 130 Å². The number of imidazole rings is 2. The summed E-state index contributed by atoms with van der Waals surface area (Å²) in [5.74, 6) is 2.47. The van der Waals surface area contributed by atoms with Gasteiger partial charge in [-0.2, -0.15) is 0 Å². The lowest BCUT2D eigenvalue weighted by Crippen LogP contribution is -2.41. The van der Waals surface area contributed by atoms with Gasteiger partial charge >= 0.3 is 0 Å². The molecule has 1 aliphatic rings. The van der Waals surface area contributed by atoms with E-state index in [1.807, 2.05) is 42.8 Å². The number of aromatic nitrogens is 4. The normalized spacial score (nSPS) is 18.7. The van der Waals surface area contributed by atoms with E-state index in [9.17, 15) is 4.79 Å². The molecule has 1 aliphatic heterocycles. The standard InChI is InChI=1S/C16H23N5O/c1-12-9-19(3)16(18-12)14-5-4-7-21(10-14)15(22)11-20-8-6-17-13(20)2/h6,8-9,14H,4-5,7,10-11H2,1-3H3/t14-/m1/s1. The Hall–Kier alpha value is -2.11. The maximum absolute atomic E-state index is 12.5. The van der Waals surface area contributed by atoms with E-state index < -0.39 is 0 Å². The second-order valence-electron chi connectivity index (χ2n) is 6.13. The number of aryl methyl sites for hydroxylation is 3. The van der Waals surface area contributed by atoms with E-state index in [1.165, 1.54) is 0 Å². The molecule has 0 aromatic carbocycles. The zero-order valence-corrected chi connectivity index (χ0v) is 13.5. The zero-order chi connectivity index (χ0) is 15.7. The van der Waals surface area contributed by atoms with Crippen molar-refractivity contribution in [2.24, 2.45) is 7.05 Å². The van der Waals surface area contributed by atoms with E-state index >= 15 is 0 Å². The lowest BCUT2D eigenvalue weighted by molar-refractivity contribution is -0.133. The Kier molecular flexibility index (Phi) is 4.00. The minimum atomic E-state index is 0.164. The van der Waals surface area contributed by atoms with Gasteiger partial charge in [-0.25, -0.2) is 9.97 Å². The van der Waals surface area contributed by atoms with Gasteiger partial charge in [-0.3, -0.25) is 4.79 Å². The van der Waals surface area contributed by atoms with Crippen LogP contribution in [0.2, 0.25) is 0 Å². The van der Waals surface area contributed by atoms with E-state index in [-0.39, 0.29) is 5.91 Å². The van der Waals surface area contributed by atoms with Crippen LogP contribution in [-0.4, -0.2) is 43.0 Å². The van der Waals surface area contributed by atoms with Gasteiger partial charge in [0.15, 0.2) is 0 Å². The second kappa shape index (κ2) is 5.94. The summed E-state index contributed by atoms with van der Waals surface area (Å²) in [6.45, 7) is 5.90. The maximum Gasteiger partial charge on any atom is 0.242 e. The predicted molar refractivity (Wildman–Crippen MR) is 83.5 cm³/mol. The van der Waals surface area contributed by atoms with Crippen molar-refractivity contribution in [2.75, 3.05) is 13.1 Å². The topological polar surface area (TPSA) is 56.0 Å². The first-order valence-corrected chi connectivity index (χ1v) is 7.80. The Morgan fingerprint density at radius 2 is 2.23 bits per heavy atom. The molecule has 3 rings (SSSR count). The first-order valence-electron chi connectivity index (χ1n) is 7.80. The van der Waals surface area contributed by atoms with E-state index in [0.717, 1.165) is 43.3 Å². The SMILES string of the molecule is Cc1cn(C)c([C@@H]2CCCN(C(=O)Cn3ccnc3C)C2)n1. The molecule has 0 saturated carbocycles. The summed E-state index contributed by atoms with van der Waals surface area (Å²) in [4.78, 5) is 23.3. The van der Waals surface area contributed by atoms with Crippen LogP contribution in [0.15, 0.2) is 18.6 Å². The molecule has 0 unspecified atom stereocenters. The van der Waals surface area contributed by atoms with Crippen molar-refractivity contribution < 1.29 is 4.79 Å². The van der Waals surface area contributed by atoms with Gasteiger partial charge in [-0.15, -0.1) is 0 Å². The molecule has 0 N–H and O–H groups in total. The highest BCUT2D eigenvalue weighted by atomic mass is 16.2. The Morgan fingerprint density at radius 3 is 2.86 bits per heavy atom. The summed E-state index contributed by atoms with van der Waals surface area (Å²) in [6, 6.07) is 0. The number of hydrogen-bond acceptors (Lipinski definition) is 3. The number of piperidine rings is 1. The molecule has 0 radical (unpaired) electrons. The molecule has 6 heteroatoms. The quantitative estimate of drug-likeness (QED) is 0.866. The molecule has 1 amide bonds. The third-order valence-corrected chi connectivity index (χ3v) is 4.40. The van der Waals surface area contributed by atoms with Crippen molar-refractivity contribution in [3.05, 3.63) is 35.9 Å². The first kappa shape index (κ1) is 14.8. The third-order valence-electron chi connectivity index (χ3n) is 4.40. The average Bonchev–Trinajstić information content (AvgIpc) is 3.05. The molecule has 0 spiro atoms. The Morgan fingerprint density at radius 1 is 1.41 bits per heavy atom. The number of hydrogen-bond donors (Lipinski definition) is 0. The summed E-state index contributed by atoms with van der Waals surface area (Å²) < 4.78 is 3.99. The van der Waals surface area contributed by atoms with Crippen LogP contribution in [0.4, 0.5) is 0 Å². The highest BCUT2D eigenvalue weighted by Crippen LogP contribution is 2.26. The molecular weight excluding hydrogens is 278 g/mol. The van der Waals surface area contributed by atoms with Crippen molar-refractivity contribution in [1.29, 1.82) is 0 Å². The average molecular weight is 301 g/mol. The van der Waals surface area contributed by atoms with E-state index in [0.29, 0.717) is 12.5 Å². The number of nitrogens with zero attached hydrogens (tertiary/aromatic N) is 5. The van der Waals surface area contributed by atoms with Gasteiger partial charge in [0.05, 0.1) is 5.69 Å².